The van der Waals surface area contributed by atoms with Crippen molar-refractivity contribution in [2.24, 2.45) is 22.4 Å². The zero-order valence-electron chi connectivity index (χ0n) is 19.2. The van der Waals surface area contributed by atoms with Crippen LogP contribution in [0.25, 0.3) is 0 Å². The number of hydrogen-bond donors (Lipinski definition) is 2. The van der Waals surface area contributed by atoms with Crippen LogP contribution in [-0.4, -0.2) is 29.1 Å². The van der Waals surface area contributed by atoms with Gasteiger partial charge in [0, 0.05) is 5.56 Å². The standard InChI is InChI=1S/C27H33NO4/c1-16-4-6-17(7-5-16)15-32-28-23-12-20-18(10-11-27(2)22(20)8-9-26(27)30)19-14-25(31-3)24(29)13-21(19)23/h4-7,13-14,18,20,22,26,29-30H,8-12,15H2,1-3H3/t18-,20-,22+,26?,27+/m1/s1. The average Bonchev–Trinajstić information content (AvgIpc) is 3.09. The molecule has 0 aliphatic heterocycles. The Morgan fingerprint density at radius 3 is 2.66 bits per heavy atom. The van der Waals surface area contributed by atoms with Crippen LogP contribution in [0.5, 0.6) is 11.5 Å². The fourth-order valence-electron chi connectivity index (χ4n) is 6.52. The molecule has 0 aromatic heterocycles. The van der Waals surface area contributed by atoms with Gasteiger partial charge in [0.1, 0.15) is 6.61 Å². The van der Waals surface area contributed by atoms with Gasteiger partial charge in [-0.2, -0.15) is 0 Å². The molecule has 1 unspecified atom stereocenters. The fraction of sp³-hybridized carbons (Fsp3) is 0.519. The van der Waals surface area contributed by atoms with Gasteiger partial charge in [0.25, 0.3) is 0 Å². The van der Waals surface area contributed by atoms with E-state index in [1.165, 1.54) is 11.1 Å². The molecule has 0 amide bonds. The Balaban J connectivity index is 1.49. The number of aliphatic hydroxyl groups excluding tert-OH is 1. The van der Waals surface area contributed by atoms with Gasteiger partial charge in [-0.1, -0.05) is 41.9 Å². The van der Waals surface area contributed by atoms with E-state index < -0.39 is 0 Å². The predicted octanol–water partition coefficient (Wildman–Crippen LogP) is 5.30. The molecule has 2 aromatic rings. The first-order valence-corrected chi connectivity index (χ1v) is 11.7. The Morgan fingerprint density at radius 1 is 1.12 bits per heavy atom. The number of ether oxygens (including phenoxy) is 1. The number of aliphatic hydroxyl groups is 1. The van der Waals surface area contributed by atoms with Crippen molar-refractivity contribution >= 4 is 5.71 Å². The lowest BCUT2D eigenvalue weighted by molar-refractivity contribution is -0.0180. The second-order valence-electron chi connectivity index (χ2n) is 10.1. The van der Waals surface area contributed by atoms with Crippen molar-refractivity contribution in [3.8, 4) is 11.5 Å². The molecule has 5 atom stereocenters. The van der Waals surface area contributed by atoms with Crippen LogP contribution in [0.3, 0.4) is 0 Å². The Kier molecular flexibility index (Phi) is 5.40. The van der Waals surface area contributed by atoms with Gasteiger partial charge in [-0.15, -0.1) is 0 Å². The van der Waals surface area contributed by atoms with Gasteiger partial charge in [0.15, 0.2) is 11.5 Å². The number of fused-ring (bicyclic) bond motifs is 5. The lowest BCUT2D eigenvalue weighted by atomic mass is 9.55. The molecular weight excluding hydrogens is 402 g/mol. The molecule has 5 heteroatoms. The number of benzene rings is 2. The van der Waals surface area contributed by atoms with Crippen molar-refractivity contribution in [2.45, 2.75) is 64.6 Å². The molecule has 0 bridgehead atoms. The summed E-state index contributed by atoms with van der Waals surface area (Å²) in [5, 5.41) is 25.8. The SMILES string of the molecule is COc1cc2c(cc1O)C(=NOCc1ccc(C)cc1)C[C@@H]1[C@@H]2CC[C@]2(C)C(O)CC[C@@H]12. The first-order valence-electron chi connectivity index (χ1n) is 11.7. The highest BCUT2D eigenvalue weighted by molar-refractivity contribution is 6.03. The third-order valence-electron chi connectivity index (χ3n) is 8.40. The predicted molar refractivity (Wildman–Crippen MR) is 124 cm³/mol. The summed E-state index contributed by atoms with van der Waals surface area (Å²) in [5.41, 5.74) is 5.32. The van der Waals surface area contributed by atoms with E-state index in [-0.39, 0.29) is 17.3 Å². The summed E-state index contributed by atoms with van der Waals surface area (Å²) in [4.78, 5) is 5.82. The van der Waals surface area contributed by atoms with Crippen LogP contribution in [0.4, 0.5) is 0 Å². The van der Waals surface area contributed by atoms with Crippen LogP contribution in [0, 0.1) is 24.2 Å². The normalized spacial score (nSPS) is 32.2. The molecule has 0 heterocycles. The third-order valence-corrected chi connectivity index (χ3v) is 8.40. The summed E-state index contributed by atoms with van der Waals surface area (Å²) in [6, 6.07) is 12.0. The largest absolute Gasteiger partial charge is 0.504 e. The van der Waals surface area contributed by atoms with Crippen molar-refractivity contribution in [3.05, 3.63) is 58.7 Å². The molecule has 2 N–H and O–H groups in total. The number of phenols is 1. The number of hydrogen-bond acceptors (Lipinski definition) is 5. The van der Waals surface area contributed by atoms with Crippen molar-refractivity contribution in [1.29, 1.82) is 0 Å². The first kappa shape index (κ1) is 21.3. The lowest BCUT2D eigenvalue weighted by Crippen LogP contribution is -2.45. The van der Waals surface area contributed by atoms with Gasteiger partial charge in [-0.25, -0.2) is 0 Å². The van der Waals surface area contributed by atoms with Gasteiger partial charge < -0.3 is 19.8 Å². The zero-order chi connectivity index (χ0) is 22.5. The summed E-state index contributed by atoms with van der Waals surface area (Å²) in [5.74, 6) is 1.90. The third kappa shape index (κ3) is 3.47. The second kappa shape index (κ2) is 8.11. The van der Waals surface area contributed by atoms with Crippen molar-refractivity contribution in [2.75, 3.05) is 7.11 Å². The number of oxime groups is 1. The zero-order valence-corrected chi connectivity index (χ0v) is 19.2. The van der Waals surface area contributed by atoms with Crippen LogP contribution >= 0.6 is 0 Å². The molecule has 3 aliphatic carbocycles. The second-order valence-corrected chi connectivity index (χ2v) is 10.1. The number of aromatic hydroxyl groups is 1. The van der Waals surface area contributed by atoms with Gasteiger partial charge in [0.05, 0.1) is 18.9 Å². The van der Waals surface area contributed by atoms with Crippen LogP contribution < -0.4 is 4.74 Å². The Bertz CT molecular complexity index is 1030. The lowest BCUT2D eigenvalue weighted by Gasteiger charge is -2.50. The highest BCUT2D eigenvalue weighted by Gasteiger charge is 2.55. The summed E-state index contributed by atoms with van der Waals surface area (Å²) in [6.45, 7) is 4.75. The van der Waals surface area contributed by atoms with E-state index in [0.717, 1.165) is 48.9 Å². The van der Waals surface area contributed by atoms with E-state index in [0.29, 0.717) is 30.1 Å². The highest BCUT2D eigenvalue weighted by Crippen LogP contribution is 2.61. The molecule has 2 fully saturated rings. The summed E-state index contributed by atoms with van der Waals surface area (Å²) < 4.78 is 5.44. The van der Waals surface area contributed by atoms with Crippen LogP contribution in [0.15, 0.2) is 41.6 Å². The summed E-state index contributed by atoms with van der Waals surface area (Å²) >= 11 is 0. The molecule has 2 saturated carbocycles. The minimum Gasteiger partial charge on any atom is -0.504 e. The van der Waals surface area contributed by atoms with Crippen LogP contribution in [-0.2, 0) is 11.4 Å². The fourth-order valence-corrected chi connectivity index (χ4v) is 6.52. The topological polar surface area (TPSA) is 71.3 Å². The van der Waals surface area contributed by atoms with Gasteiger partial charge in [-0.3, -0.25) is 0 Å². The first-order chi connectivity index (χ1) is 15.4. The van der Waals surface area contributed by atoms with E-state index in [2.05, 4.69) is 43.3 Å². The van der Waals surface area contributed by atoms with Crippen molar-refractivity contribution in [3.63, 3.8) is 0 Å². The van der Waals surface area contributed by atoms with Crippen LogP contribution in [0.2, 0.25) is 0 Å². The van der Waals surface area contributed by atoms with Gasteiger partial charge in [-0.05, 0) is 85.5 Å². The monoisotopic (exact) mass is 435 g/mol. The molecule has 0 saturated heterocycles. The molecule has 2 aromatic carbocycles. The Morgan fingerprint density at radius 2 is 1.91 bits per heavy atom. The number of aryl methyl sites for hydroxylation is 1. The smallest absolute Gasteiger partial charge is 0.160 e. The quantitative estimate of drug-likeness (QED) is 0.639. The van der Waals surface area contributed by atoms with Gasteiger partial charge >= 0.3 is 0 Å². The number of nitrogens with zero attached hydrogens (tertiary/aromatic N) is 1. The van der Waals surface area contributed by atoms with Gasteiger partial charge in [0.2, 0.25) is 0 Å². The molecule has 0 spiro atoms. The number of phenolic OH excluding ortho intramolecular Hbond substituents is 1. The molecule has 170 valence electrons. The van der Waals surface area contributed by atoms with Crippen molar-refractivity contribution in [1.82, 2.24) is 0 Å². The maximum atomic E-state index is 10.7. The van der Waals surface area contributed by atoms with Crippen LogP contribution in [0.1, 0.15) is 67.2 Å². The summed E-state index contributed by atoms with van der Waals surface area (Å²) in [6.07, 6.45) is 4.59. The molecule has 32 heavy (non-hydrogen) atoms. The molecular formula is C27H33NO4. The minimum absolute atomic E-state index is 0.0203. The highest BCUT2D eigenvalue weighted by atomic mass is 16.6. The summed E-state index contributed by atoms with van der Waals surface area (Å²) in [7, 11) is 1.59. The molecule has 3 aliphatic rings. The minimum atomic E-state index is -0.220. The van der Waals surface area contributed by atoms with E-state index >= 15 is 0 Å². The van der Waals surface area contributed by atoms with E-state index in [1.807, 2.05) is 6.07 Å². The Labute approximate surface area is 190 Å². The van der Waals surface area contributed by atoms with E-state index in [9.17, 15) is 10.2 Å². The number of rotatable bonds is 4. The van der Waals surface area contributed by atoms with E-state index in [1.54, 1.807) is 13.2 Å². The molecule has 5 nitrogen and oxygen atoms in total. The van der Waals surface area contributed by atoms with E-state index in [4.69, 9.17) is 9.57 Å². The Hall–Kier alpha value is -2.53. The molecule has 5 rings (SSSR count). The number of methoxy groups -OCH3 is 1. The molecule has 0 radical (unpaired) electrons. The maximum absolute atomic E-state index is 10.7. The van der Waals surface area contributed by atoms with Crippen molar-refractivity contribution < 1.29 is 19.8 Å². The average molecular weight is 436 g/mol. The maximum Gasteiger partial charge on any atom is 0.160 e.